The number of hydrogen-bond acceptors (Lipinski definition) is 10. The van der Waals surface area contributed by atoms with Gasteiger partial charge in [0, 0.05) is 48.2 Å². The van der Waals surface area contributed by atoms with E-state index in [9.17, 15) is 24.3 Å². The minimum absolute atomic E-state index is 0.0110. The second-order valence-electron chi connectivity index (χ2n) is 10.9. The number of amides is 2. The predicted octanol–water partition coefficient (Wildman–Crippen LogP) is -0.627. The smallest absolute Gasteiger partial charge is 0.353 e. The van der Waals surface area contributed by atoms with Crippen LogP contribution in [0.1, 0.15) is 38.9 Å². The molecule has 206 valence electrons. The van der Waals surface area contributed by atoms with E-state index < -0.39 is 11.9 Å². The van der Waals surface area contributed by atoms with Crippen LogP contribution < -0.4 is 11.1 Å². The highest BCUT2D eigenvalue weighted by Gasteiger charge is 2.60. The molecule has 3 saturated heterocycles. The van der Waals surface area contributed by atoms with E-state index in [1.165, 1.54) is 21.5 Å². The molecule has 4 aliphatic rings. The van der Waals surface area contributed by atoms with Gasteiger partial charge in [0.2, 0.25) is 11.8 Å². The number of rotatable bonds is 9. The number of carbonyl (C=O) groups excluding carboxylic acids is 3. The first-order chi connectivity index (χ1) is 18.0. The highest BCUT2D eigenvalue weighted by Crippen LogP contribution is 2.53. The highest BCUT2D eigenvalue weighted by molar-refractivity contribution is 8.03. The van der Waals surface area contributed by atoms with Crippen molar-refractivity contribution in [3.8, 4) is 0 Å². The average Bonchev–Trinajstić information content (AvgIpc) is 3.62. The number of aromatic nitrogens is 4. The van der Waals surface area contributed by atoms with Crippen LogP contribution in [0.15, 0.2) is 10.6 Å². The summed E-state index contributed by atoms with van der Waals surface area (Å²) in [7, 11) is 0. The lowest BCUT2D eigenvalue weighted by Gasteiger charge is -2.47. The summed E-state index contributed by atoms with van der Waals surface area (Å²) in [5, 5.41) is 25.0. The first-order valence-electron chi connectivity index (χ1n) is 13.1. The van der Waals surface area contributed by atoms with Crippen LogP contribution in [0.4, 0.5) is 0 Å². The molecule has 1 aromatic rings. The van der Waals surface area contributed by atoms with E-state index in [-0.39, 0.29) is 71.5 Å². The number of aliphatic carboxylic acids is 1. The number of nitrogens with one attached hydrogen (secondary N) is 1. The van der Waals surface area contributed by atoms with Crippen molar-refractivity contribution in [3.05, 3.63) is 16.4 Å². The Kier molecular flexibility index (Phi) is 7.31. The molecule has 0 aromatic carbocycles. The molecule has 0 saturated carbocycles. The Hall–Kier alpha value is -2.84. The van der Waals surface area contributed by atoms with Crippen LogP contribution in [-0.2, 0) is 25.7 Å². The van der Waals surface area contributed by atoms with Gasteiger partial charge in [-0.2, -0.15) is 4.80 Å². The Morgan fingerprint density at radius 3 is 2.71 bits per heavy atom. The standard InChI is InChI=1S/C24H34N8O5S/c1-11(6-15(33)10-31-28-13(3)27-29-31)18-19-12(2)21(20(24(36)37)32(19)23(18)35)38-16-7-17(26-8-16)22(34)30-5-4-14(25)9-30/h11-12,14,16-19,26H,4-10,25H2,1-3H3,(H,36,37)/t11-,12+,14+,16-,17-,18+,19+/m0/s1. The van der Waals surface area contributed by atoms with Crippen LogP contribution in [-0.4, -0.2) is 102 Å². The Morgan fingerprint density at radius 1 is 1.32 bits per heavy atom. The Balaban J connectivity index is 1.23. The third kappa shape index (κ3) is 4.84. The van der Waals surface area contributed by atoms with Crippen molar-refractivity contribution >= 4 is 35.3 Å². The molecule has 2 amide bonds. The number of thioether (sulfide) groups is 1. The van der Waals surface area contributed by atoms with Gasteiger partial charge in [-0.1, -0.05) is 13.8 Å². The Morgan fingerprint density at radius 2 is 2.08 bits per heavy atom. The number of carbonyl (C=O) groups is 4. The number of hydrogen-bond donors (Lipinski definition) is 3. The second-order valence-corrected chi connectivity index (χ2v) is 12.2. The first kappa shape index (κ1) is 26.8. The predicted molar refractivity (Wildman–Crippen MR) is 136 cm³/mol. The molecule has 0 radical (unpaired) electrons. The molecule has 0 aliphatic carbocycles. The maximum Gasteiger partial charge on any atom is 0.353 e. The van der Waals surface area contributed by atoms with Crippen LogP contribution in [0.25, 0.3) is 0 Å². The van der Waals surface area contributed by atoms with Crippen LogP contribution in [0.3, 0.4) is 0 Å². The normalized spacial score (nSPS) is 31.5. The number of likely N-dealkylation sites (tertiary alicyclic amines) is 1. The van der Waals surface area contributed by atoms with E-state index in [1.54, 1.807) is 11.8 Å². The number of nitrogens with zero attached hydrogens (tertiary/aromatic N) is 6. The molecule has 0 unspecified atom stereocenters. The molecule has 4 N–H and O–H groups in total. The van der Waals surface area contributed by atoms with Crippen molar-refractivity contribution in [1.29, 1.82) is 0 Å². The number of Topliss-reactive ketones (excluding diaryl/α,β-unsaturated/α-hetero) is 1. The van der Waals surface area contributed by atoms with Gasteiger partial charge in [0.05, 0.1) is 18.0 Å². The summed E-state index contributed by atoms with van der Waals surface area (Å²) in [6.45, 7) is 7.28. The van der Waals surface area contributed by atoms with Gasteiger partial charge in [0.25, 0.3) is 0 Å². The molecular formula is C24H34N8O5S. The number of fused-ring (bicyclic) bond motifs is 1. The van der Waals surface area contributed by atoms with Crippen molar-refractivity contribution in [2.45, 2.75) is 70.0 Å². The summed E-state index contributed by atoms with van der Waals surface area (Å²) < 4.78 is 0. The maximum absolute atomic E-state index is 13.2. The molecule has 7 atom stereocenters. The van der Waals surface area contributed by atoms with Crippen molar-refractivity contribution in [2.75, 3.05) is 19.6 Å². The molecule has 14 heteroatoms. The fourth-order valence-corrected chi connectivity index (χ4v) is 7.71. The number of ketones is 1. The lowest BCUT2D eigenvalue weighted by molar-refractivity contribution is -0.160. The molecule has 5 heterocycles. The van der Waals surface area contributed by atoms with E-state index in [0.29, 0.717) is 36.8 Å². The molecule has 1 aromatic heterocycles. The van der Waals surface area contributed by atoms with Crippen LogP contribution in [0.5, 0.6) is 0 Å². The van der Waals surface area contributed by atoms with Crippen LogP contribution in [0, 0.1) is 24.7 Å². The van der Waals surface area contributed by atoms with Gasteiger partial charge in [0.1, 0.15) is 12.2 Å². The topological polar surface area (TPSA) is 177 Å². The summed E-state index contributed by atoms with van der Waals surface area (Å²) >= 11 is 1.46. The fraction of sp³-hybridized carbons (Fsp3) is 0.708. The first-order valence-corrected chi connectivity index (χ1v) is 13.9. The van der Waals surface area contributed by atoms with Gasteiger partial charge in [-0.05, 0) is 30.9 Å². The van der Waals surface area contributed by atoms with Crippen molar-refractivity contribution in [3.63, 3.8) is 0 Å². The zero-order valence-corrected chi connectivity index (χ0v) is 22.6. The largest absolute Gasteiger partial charge is 0.477 e. The summed E-state index contributed by atoms with van der Waals surface area (Å²) in [4.78, 5) is 56.1. The molecule has 4 aliphatic heterocycles. The second kappa shape index (κ2) is 10.4. The molecular weight excluding hydrogens is 512 g/mol. The van der Waals surface area contributed by atoms with Gasteiger partial charge in [-0.25, -0.2) is 4.79 Å². The van der Waals surface area contributed by atoms with Crippen LogP contribution in [0.2, 0.25) is 0 Å². The van der Waals surface area contributed by atoms with Crippen molar-refractivity contribution in [1.82, 2.24) is 35.3 Å². The number of aryl methyl sites for hydroxylation is 1. The lowest BCUT2D eigenvalue weighted by Crippen LogP contribution is -2.62. The molecule has 3 fully saturated rings. The summed E-state index contributed by atoms with van der Waals surface area (Å²) in [6, 6.07) is -0.600. The monoisotopic (exact) mass is 546 g/mol. The summed E-state index contributed by atoms with van der Waals surface area (Å²) in [5.74, 6) is -1.87. The van der Waals surface area contributed by atoms with Crippen molar-refractivity contribution in [2.24, 2.45) is 23.5 Å². The summed E-state index contributed by atoms with van der Waals surface area (Å²) in [6.07, 6.45) is 1.55. The zero-order valence-electron chi connectivity index (χ0n) is 21.7. The minimum Gasteiger partial charge on any atom is -0.477 e. The molecule has 5 rings (SSSR count). The third-order valence-electron chi connectivity index (χ3n) is 8.04. The average molecular weight is 547 g/mol. The molecule has 0 bridgehead atoms. The lowest BCUT2D eigenvalue weighted by atomic mass is 9.73. The van der Waals surface area contributed by atoms with E-state index in [1.807, 2.05) is 13.8 Å². The van der Waals surface area contributed by atoms with E-state index in [0.717, 1.165) is 6.42 Å². The maximum atomic E-state index is 13.2. The number of tetrazole rings is 1. The summed E-state index contributed by atoms with van der Waals surface area (Å²) in [5.41, 5.74) is 5.99. The Labute approximate surface area is 224 Å². The van der Waals surface area contributed by atoms with E-state index in [4.69, 9.17) is 5.73 Å². The number of β-lactam (4-membered cyclic amide) rings is 1. The number of carboxylic acid groups (broad SMARTS) is 1. The molecule has 38 heavy (non-hydrogen) atoms. The highest BCUT2D eigenvalue weighted by atomic mass is 32.2. The fourth-order valence-electron chi connectivity index (χ4n) is 6.23. The molecule has 0 spiro atoms. The SMILES string of the molecule is Cc1nnn(CC(=O)C[C@H](C)[C@H]2C(=O)N3C(C(=O)O)=C(S[C@@H]4CN[C@H](C(=O)N5CC[C@@H](N)C5)C4)[C@H](C)[C@H]23)n1. The van der Waals surface area contributed by atoms with E-state index >= 15 is 0 Å². The van der Waals surface area contributed by atoms with Gasteiger partial charge >= 0.3 is 5.97 Å². The van der Waals surface area contributed by atoms with Gasteiger partial charge < -0.3 is 26.0 Å². The van der Waals surface area contributed by atoms with Gasteiger partial charge in [0.15, 0.2) is 11.6 Å². The molecule has 13 nitrogen and oxygen atoms in total. The van der Waals surface area contributed by atoms with Crippen LogP contribution >= 0.6 is 11.8 Å². The van der Waals surface area contributed by atoms with Gasteiger partial charge in [-0.3, -0.25) is 14.4 Å². The third-order valence-corrected chi connectivity index (χ3v) is 9.55. The minimum atomic E-state index is -1.13. The quantitative estimate of drug-likeness (QED) is 0.336. The van der Waals surface area contributed by atoms with Gasteiger partial charge in [-0.15, -0.1) is 22.0 Å². The number of carboxylic acids is 1. The Bertz CT molecular complexity index is 1190. The van der Waals surface area contributed by atoms with Crippen molar-refractivity contribution < 1.29 is 24.3 Å². The zero-order chi connectivity index (χ0) is 27.3. The van der Waals surface area contributed by atoms with E-state index in [2.05, 4.69) is 20.7 Å². The number of nitrogens with two attached hydrogens (primary N) is 1.